The minimum absolute atomic E-state index is 0.109. The van der Waals surface area contributed by atoms with Gasteiger partial charge in [-0.25, -0.2) is 0 Å². The van der Waals surface area contributed by atoms with E-state index in [1.54, 1.807) is 0 Å². The number of amides is 1. The third-order valence-corrected chi connectivity index (χ3v) is 3.77. The minimum Gasteiger partial charge on any atom is -0.339 e. The predicted octanol–water partition coefficient (Wildman–Crippen LogP) is 1.45. The summed E-state index contributed by atoms with van der Waals surface area (Å²) in [5.41, 5.74) is 5.61. The molecule has 1 heterocycles. The van der Waals surface area contributed by atoms with Gasteiger partial charge in [0.25, 0.3) is 0 Å². The number of rotatable bonds is 3. The van der Waals surface area contributed by atoms with Crippen LogP contribution in [0.25, 0.3) is 0 Å². The molecule has 0 aromatic rings. The van der Waals surface area contributed by atoms with Gasteiger partial charge in [0, 0.05) is 31.7 Å². The molecule has 1 saturated heterocycles. The number of piperazine rings is 1. The van der Waals surface area contributed by atoms with Crippen LogP contribution >= 0.6 is 0 Å². The zero-order valence-corrected chi connectivity index (χ0v) is 12.6. The zero-order chi connectivity index (χ0) is 14.0. The molecule has 4 nitrogen and oxygen atoms in total. The normalized spacial score (nSPS) is 21.8. The van der Waals surface area contributed by atoms with Gasteiger partial charge in [-0.1, -0.05) is 13.3 Å². The van der Waals surface area contributed by atoms with E-state index >= 15 is 0 Å². The molecule has 106 valence electrons. The van der Waals surface area contributed by atoms with E-state index in [4.69, 9.17) is 5.73 Å². The first-order valence-electron chi connectivity index (χ1n) is 7.02. The number of carbonyl (C=O) groups is 1. The highest BCUT2D eigenvalue weighted by molar-refractivity contribution is 5.85. The maximum atomic E-state index is 12.3. The largest absolute Gasteiger partial charge is 0.339 e. The van der Waals surface area contributed by atoms with Crippen LogP contribution in [-0.4, -0.2) is 53.0 Å². The third-order valence-electron chi connectivity index (χ3n) is 3.77. The Morgan fingerprint density at radius 2 is 1.61 bits per heavy atom. The Hall–Kier alpha value is -0.610. The van der Waals surface area contributed by atoms with Crippen molar-refractivity contribution in [1.29, 1.82) is 0 Å². The fourth-order valence-corrected chi connectivity index (χ4v) is 2.57. The first-order chi connectivity index (χ1) is 8.18. The van der Waals surface area contributed by atoms with Gasteiger partial charge in [0.1, 0.15) is 0 Å². The molecule has 2 N–H and O–H groups in total. The van der Waals surface area contributed by atoms with Crippen molar-refractivity contribution in [3.63, 3.8) is 0 Å². The molecule has 1 amide bonds. The van der Waals surface area contributed by atoms with Gasteiger partial charge in [-0.05, 0) is 34.1 Å². The number of hydrogen-bond acceptors (Lipinski definition) is 3. The van der Waals surface area contributed by atoms with Gasteiger partial charge in [-0.3, -0.25) is 9.69 Å². The van der Waals surface area contributed by atoms with E-state index in [0.29, 0.717) is 0 Å². The van der Waals surface area contributed by atoms with Crippen molar-refractivity contribution in [3.05, 3.63) is 0 Å². The number of nitrogens with two attached hydrogens (primary N) is 1. The molecule has 1 rings (SSSR count). The highest BCUT2D eigenvalue weighted by Crippen LogP contribution is 2.19. The average molecular weight is 255 g/mol. The highest BCUT2D eigenvalue weighted by Gasteiger charge is 2.34. The molecule has 0 spiro atoms. The smallest absolute Gasteiger partial charge is 0.242 e. The van der Waals surface area contributed by atoms with Gasteiger partial charge in [0.2, 0.25) is 5.91 Å². The quantitative estimate of drug-likeness (QED) is 0.830. The van der Waals surface area contributed by atoms with E-state index in [9.17, 15) is 4.79 Å². The molecule has 0 aromatic carbocycles. The van der Waals surface area contributed by atoms with Gasteiger partial charge < -0.3 is 10.6 Å². The topological polar surface area (TPSA) is 49.6 Å². The molecule has 0 saturated carbocycles. The van der Waals surface area contributed by atoms with Crippen LogP contribution in [0.2, 0.25) is 0 Å². The van der Waals surface area contributed by atoms with Crippen LogP contribution in [0, 0.1) is 0 Å². The summed E-state index contributed by atoms with van der Waals surface area (Å²) in [6, 6.07) is 0. The number of carbonyl (C=O) groups excluding carboxylic acids is 1. The first-order valence-corrected chi connectivity index (χ1v) is 7.02. The molecular formula is C14H29N3O. The summed E-state index contributed by atoms with van der Waals surface area (Å²) in [4.78, 5) is 16.7. The summed E-state index contributed by atoms with van der Waals surface area (Å²) >= 11 is 0. The zero-order valence-electron chi connectivity index (χ0n) is 12.6. The molecule has 1 aliphatic heterocycles. The van der Waals surface area contributed by atoms with Crippen LogP contribution in [0.4, 0.5) is 0 Å². The SMILES string of the molecule is CCCC(C)(N)C(=O)N1CCN(C(C)(C)C)CC1. The predicted molar refractivity (Wildman–Crippen MR) is 75.4 cm³/mol. The highest BCUT2D eigenvalue weighted by atomic mass is 16.2. The third kappa shape index (κ3) is 3.69. The lowest BCUT2D eigenvalue weighted by atomic mass is 9.95. The van der Waals surface area contributed by atoms with Crippen molar-refractivity contribution >= 4 is 5.91 Å². The Kier molecular flexibility index (Phi) is 4.78. The van der Waals surface area contributed by atoms with E-state index in [1.165, 1.54) is 0 Å². The molecule has 0 aliphatic carbocycles. The van der Waals surface area contributed by atoms with Crippen molar-refractivity contribution in [2.75, 3.05) is 26.2 Å². The van der Waals surface area contributed by atoms with E-state index in [-0.39, 0.29) is 11.4 Å². The Morgan fingerprint density at radius 1 is 1.11 bits per heavy atom. The molecule has 18 heavy (non-hydrogen) atoms. The van der Waals surface area contributed by atoms with Gasteiger partial charge in [0.15, 0.2) is 0 Å². The second-order valence-electron chi connectivity index (χ2n) is 6.62. The summed E-state index contributed by atoms with van der Waals surface area (Å²) in [5, 5.41) is 0. The second kappa shape index (κ2) is 5.57. The molecule has 1 aliphatic rings. The Balaban J connectivity index is 2.55. The van der Waals surface area contributed by atoms with Gasteiger partial charge in [0.05, 0.1) is 5.54 Å². The molecule has 0 bridgehead atoms. The maximum Gasteiger partial charge on any atom is 0.242 e. The van der Waals surface area contributed by atoms with Crippen LogP contribution in [0.3, 0.4) is 0 Å². The van der Waals surface area contributed by atoms with Crippen molar-refractivity contribution in [3.8, 4) is 0 Å². The lowest BCUT2D eigenvalue weighted by Crippen LogP contribution is -2.60. The molecule has 1 fully saturated rings. The van der Waals surface area contributed by atoms with Crippen LogP contribution in [0.15, 0.2) is 0 Å². The summed E-state index contributed by atoms with van der Waals surface area (Å²) in [7, 11) is 0. The van der Waals surface area contributed by atoms with Gasteiger partial charge in [-0.15, -0.1) is 0 Å². The van der Waals surface area contributed by atoms with E-state index in [0.717, 1.165) is 39.0 Å². The summed E-state index contributed by atoms with van der Waals surface area (Å²) in [6.45, 7) is 14.1. The lowest BCUT2D eigenvalue weighted by molar-refractivity contribution is -0.139. The second-order valence-corrected chi connectivity index (χ2v) is 6.62. The van der Waals surface area contributed by atoms with E-state index in [2.05, 4.69) is 32.6 Å². The fraction of sp³-hybridized carbons (Fsp3) is 0.929. The van der Waals surface area contributed by atoms with Crippen molar-refractivity contribution < 1.29 is 4.79 Å². The average Bonchev–Trinajstić information content (AvgIpc) is 2.27. The molecule has 1 unspecified atom stereocenters. The first kappa shape index (κ1) is 15.4. The Labute approximate surface area is 111 Å². The molecule has 4 heteroatoms. The summed E-state index contributed by atoms with van der Waals surface area (Å²) in [5.74, 6) is 0.109. The fourth-order valence-electron chi connectivity index (χ4n) is 2.57. The number of hydrogen-bond donors (Lipinski definition) is 1. The Bertz CT molecular complexity index is 286. The van der Waals surface area contributed by atoms with E-state index in [1.807, 2.05) is 11.8 Å². The molecule has 0 radical (unpaired) electrons. The minimum atomic E-state index is -0.696. The standard InChI is InChI=1S/C14H29N3O/c1-6-7-14(5,15)12(18)16-8-10-17(11-9-16)13(2,3)4/h6-11,15H2,1-5H3. The molecule has 1 atom stereocenters. The van der Waals surface area contributed by atoms with Crippen molar-refractivity contribution in [1.82, 2.24) is 9.80 Å². The van der Waals surface area contributed by atoms with Crippen LogP contribution in [0.5, 0.6) is 0 Å². The van der Waals surface area contributed by atoms with Gasteiger partial charge in [-0.2, -0.15) is 0 Å². The van der Waals surface area contributed by atoms with Crippen molar-refractivity contribution in [2.24, 2.45) is 5.73 Å². The maximum absolute atomic E-state index is 12.3. The van der Waals surface area contributed by atoms with Crippen LogP contribution in [-0.2, 0) is 4.79 Å². The number of nitrogens with zero attached hydrogens (tertiary/aromatic N) is 2. The van der Waals surface area contributed by atoms with E-state index < -0.39 is 5.54 Å². The van der Waals surface area contributed by atoms with Gasteiger partial charge >= 0.3 is 0 Å². The lowest BCUT2D eigenvalue weighted by Gasteiger charge is -2.43. The van der Waals surface area contributed by atoms with Crippen LogP contribution < -0.4 is 5.73 Å². The molecule has 0 aromatic heterocycles. The van der Waals surface area contributed by atoms with Crippen molar-refractivity contribution in [2.45, 2.75) is 58.5 Å². The molecular weight excluding hydrogens is 226 g/mol. The van der Waals surface area contributed by atoms with Crippen LogP contribution in [0.1, 0.15) is 47.5 Å². The Morgan fingerprint density at radius 3 is 2.00 bits per heavy atom. The summed E-state index contributed by atoms with van der Waals surface area (Å²) in [6.07, 6.45) is 1.70. The summed E-state index contributed by atoms with van der Waals surface area (Å²) < 4.78 is 0. The monoisotopic (exact) mass is 255 g/mol.